The number of nitrogens with zero attached hydrogens (tertiary/aromatic N) is 2. The number of alkyl halides is 3. The summed E-state index contributed by atoms with van der Waals surface area (Å²) in [4.78, 5) is 38.3. The molecule has 0 unspecified atom stereocenters. The van der Waals surface area contributed by atoms with Crippen LogP contribution in [-0.4, -0.2) is 45.9 Å². The van der Waals surface area contributed by atoms with E-state index in [1.165, 1.54) is 14.0 Å². The van der Waals surface area contributed by atoms with Crippen LogP contribution in [0.15, 0.2) is 60.7 Å². The van der Waals surface area contributed by atoms with E-state index in [1.807, 2.05) is 0 Å². The molecule has 0 radical (unpaired) electrons. The number of benzene rings is 2. The minimum Gasteiger partial charge on any atom is -0.330 e. The molecule has 2 saturated heterocycles. The average molecular weight is 477 g/mol. The Morgan fingerprint density at radius 3 is 1.80 bits per heavy atom. The predicted octanol–water partition coefficient (Wildman–Crippen LogP) is 3.38. The molecule has 8 heteroatoms. The number of rotatable bonds is 4. The molecule has 2 aromatic carbocycles. The highest BCUT2D eigenvalue weighted by molar-refractivity contribution is 9.10. The second-order valence-electron chi connectivity index (χ2n) is 7.49. The van der Waals surface area contributed by atoms with Gasteiger partial charge in [-0.25, -0.2) is 0 Å². The van der Waals surface area contributed by atoms with E-state index in [0.717, 1.165) is 9.80 Å². The molecule has 0 bridgehead atoms. The molecule has 4 rings (SSSR count). The third-order valence-electron chi connectivity index (χ3n) is 6.31. The highest BCUT2D eigenvalue weighted by Crippen LogP contribution is 2.66. The zero-order chi connectivity index (χ0) is 21.9. The lowest BCUT2D eigenvalue weighted by Crippen LogP contribution is -2.52. The van der Waals surface area contributed by atoms with Gasteiger partial charge < -0.3 is 4.90 Å². The van der Waals surface area contributed by atoms with Gasteiger partial charge in [0.2, 0.25) is 17.2 Å². The van der Waals surface area contributed by atoms with Crippen molar-refractivity contribution in [2.45, 2.75) is 17.3 Å². The minimum atomic E-state index is -3.93. The Balaban J connectivity index is 2.16. The van der Waals surface area contributed by atoms with Crippen molar-refractivity contribution in [1.82, 2.24) is 9.80 Å². The highest BCUT2D eigenvalue weighted by Gasteiger charge is 2.85. The van der Waals surface area contributed by atoms with Gasteiger partial charge in [-0.15, -0.1) is 0 Å². The van der Waals surface area contributed by atoms with Gasteiger partial charge in [0.1, 0.15) is 11.5 Å². The molecular weight excluding hydrogens is 458 g/mol. The first-order chi connectivity index (χ1) is 14.2. The number of hydrogen-bond acceptors (Lipinski definition) is 3. The largest absolute Gasteiger partial charge is 0.330 e. The smallest absolute Gasteiger partial charge is 0.325 e. The number of fused-ring (bicyclic) bond motifs is 1. The molecule has 2 fully saturated rings. The second kappa shape index (κ2) is 6.70. The van der Waals surface area contributed by atoms with Crippen molar-refractivity contribution in [2.75, 3.05) is 13.6 Å². The number of halogens is 3. The zero-order valence-corrected chi connectivity index (χ0v) is 17.9. The van der Waals surface area contributed by atoms with Crippen LogP contribution in [0.5, 0.6) is 0 Å². The van der Waals surface area contributed by atoms with E-state index in [0.29, 0.717) is 11.1 Å². The maximum absolute atomic E-state index is 15.2. The SMILES string of the molecule is CCN1C(=O)[C@@H]2C(c3ccccc3)(c3ccccc3)N(C)C(=O)[C@]2(C(F)(F)Br)C1=O. The van der Waals surface area contributed by atoms with Crippen molar-refractivity contribution in [2.24, 2.45) is 11.3 Å². The lowest BCUT2D eigenvalue weighted by molar-refractivity contribution is -0.160. The normalized spacial score (nSPS) is 25.8. The van der Waals surface area contributed by atoms with Gasteiger partial charge in [-0.3, -0.25) is 19.3 Å². The van der Waals surface area contributed by atoms with E-state index in [4.69, 9.17) is 0 Å². The third-order valence-corrected chi connectivity index (χ3v) is 6.93. The van der Waals surface area contributed by atoms with E-state index in [9.17, 15) is 14.4 Å². The molecule has 2 aliphatic heterocycles. The molecule has 0 N–H and O–H groups in total. The van der Waals surface area contributed by atoms with Crippen molar-refractivity contribution in [3.63, 3.8) is 0 Å². The zero-order valence-electron chi connectivity index (χ0n) is 16.3. The van der Waals surface area contributed by atoms with Crippen LogP contribution in [0.1, 0.15) is 18.1 Å². The van der Waals surface area contributed by atoms with Crippen LogP contribution in [0.25, 0.3) is 0 Å². The summed E-state index contributed by atoms with van der Waals surface area (Å²) in [5.74, 6) is -4.69. The average Bonchev–Trinajstić information content (AvgIpc) is 3.10. The lowest BCUT2D eigenvalue weighted by atomic mass is 9.66. The van der Waals surface area contributed by atoms with Crippen molar-refractivity contribution < 1.29 is 23.2 Å². The second-order valence-corrected chi connectivity index (χ2v) is 8.48. The third kappa shape index (κ3) is 2.23. The Labute approximate surface area is 180 Å². The van der Waals surface area contributed by atoms with E-state index in [1.54, 1.807) is 60.7 Å². The fourth-order valence-corrected chi connectivity index (χ4v) is 5.65. The van der Waals surface area contributed by atoms with Gasteiger partial charge in [0.25, 0.3) is 5.91 Å². The Morgan fingerprint density at radius 2 is 1.40 bits per heavy atom. The molecule has 0 aromatic heterocycles. The molecule has 2 aromatic rings. The molecule has 2 atom stereocenters. The van der Waals surface area contributed by atoms with E-state index in [2.05, 4.69) is 15.9 Å². The first kappa shape index (κ1) is 20.7. The fraction of sp³-hybridized carbons (Fsp3) is 0.318. The minimum absolute atomic E-state index is 0.102. The Bertz CT molecular complexity index is 986. The van der Waals surface area contributed by atoms with Crippen LogP contribution in [-0.2, 0) is 19.9 Å². The monoisotopic (exact) mass is 476 g/mol. The molecule has 3 amide bonds. The lowest BCUT2D eigenvalue weighted by Gasteiger charge is -2.41. The first-order valence-electron chi connectivity index (χ1n) is 9.48. The van der Waals surface area contributed by atoms with E-state index >= 15 is 8.78 Å². The van der Waals surface area contributed by atoms with Gasteiger partial charge in [-0.2, -0.15) is 8.78 Å². The highest BCUT2D eigenvalue weighted by atomic mass is 79.9. The Kier molecular flexibility index (Phi) is 4.61. The molecule has 2 heterocycles. The number of amides is 3. The standard InChI is InChI=1S/C22H19BrF2N2O3/c1-3-27-17(28)16-20(19(27)30,22(23,24)25)18(29)26(2)21(16,14-10-6-4-7-11-14)15-12-8-5-9-13-15/h4-13,16H,3H2,1-2H3/t16-,20-/m0/s1. The van der Waals surface area contributed by atoms with Gasteiger partial charge in [-0.05, 0) is 34.0 Å². The molecule has 0 saturated carbocycles. The number of likely N-dealkylation sites (tertiary alicyclic amines) is 2. The van der Waals surface area contributed by atoms with Crippen LogP contribution in [0.4, 0.5) is 8.78 Å². The van der Waals surface area contributed by atoms with Crippen LogP contribution in [0.3, 0.4) is 0 Å². The molecule has 30 heavy (non-hydrogen) atoms. The van der Waals surface area contributed by atoms with E-state index in [-0.39, 0.29) is 6.54 Å². The fourth-order valence-electron chi connectivity index (χ4n) is 5.08. The van der Waals surface area contributed by atoms with Crippen LogP contribution in [0, 0.1) is 11.3 Å². The molecule has 2 aliphatic rings. The summed E-state index contributed by atoms with van der Waals surface area (Å²) in [5, 5.41) is 0. The first-order valence-corrected chi connectivity index (χ1v) is 10.3. The topological polar surface area (TPSA) is 57.7 Å². The maximum atomic E-state index is 15.2. The van der Waals surface area contributed by atoms with Gasteiger partial charge >= 0.3 is 4.83 Å². The summed E-state index contributed by atoms with van der Waals surface area (Å²) in [6, 6.07) is 17.1. The molecule has 5 nitrogen and oxygen atoms in total. The van der Waals surface area contributed by atoms with Gasteiger partial charge in [-0.1, -0.05) is 60.7 Å². The predicted molar refractivity (Wildman–Crippen MR) is 109 cm³/mol. The molecule has 0 spiro atoms. The number of carbonyl (C=O) groups excluding carboxylic acids is 3. The van der Waals surface area contributed by atoms with Crippen LogP contribution in [0.2, 0.25) is 0 Å². The summed E-state index contributed by atoms with van der Waals surface area (Å²) in [6.45, 7) is 1.42. The summed E-state index contributed by atoms with van der Waals surface area (Å²) in [7, 11) is 1.37. The van der Waals surface area contributed by atoms with E-state index < -0.39 is 39.4 Å². The molecule has 0 aliphatic carbocycles. The quantitative estimate of drug-likeness (QED) is 0.386. The summed E-state index contributed by atoms with van der Waals surface area (Å²) < 4.78 is 30.3. The van der Waals surface area contributed by atoms with Crippen molar-refractivity contribution >= 4 is 33.7 Å². The van der Waals surface area contributed by atoms with Gasteiger partial charge in [0, 0.05) is 13.6 Å². The van der Waals surface area contributed by atoms with Crippen molar-refractivity contribution in [1.29, 1.82) is 0 Å². The molecular formula is C22H19BrF2N2O3. The van der Waals surface area contributed by atoms with Gasteiger partial charge in [0.15, 0.2) is 0 Å². The van der Waals surface area contributed by atoms with Crippen molar-refractivity contribution in [3.8, 4) is 0 Å². The maximum Gasteiger partial charge on any atom is 0.325 e. The Hall–Kier alpha value is -2.61. The summed E-state index contributed by atoms with van der Waals surface area (Å²) in [5.41, 5.74) is -3.49. The van der Waals surface area contributed by atoms with Crippen LogP contribution >= 0.6 is 15.9 Å². The number of imide groups is 1. The summed E-state index contributed by atoms with van der Waals surface area (Å²) in [6.07, 6.45) is 0. The summed E-state index contributed by atoms with van der Waals surface area (Å²) >= 11 is 2.31. The Morgan fingerprint density at radius 1 is 0.933 bits per heavy atom. The van der Waals surface area contributed by atoms with Gasteiger partial charge in [0.05, 0.1) is 0 Å². The molecule has 156 valence electrons. The van der Waals surface area contributed by atoms with Crippen LogP contribution < -0.4 is 0 Å². The number of carbonyl (C=O) groups is 3. The van der Waals surface area contributed by atoms with Crippen molar-refractivity contribution in [3.05, 3.63) is 71.8 Å². The number of hydrogen-bond donors (Lipinski definition) is 0.